The van der Waals surface area contributed by atoms with Gasteiger partial charge in [-0.3, -0.25) is 4.90 Å². The van der Waals surface area contributed by atoms with E-state index in [0.717, 1.165) is 45.0 Å². The Morgan fingerprint density at radius 1 is 1.19 bits per heavy atom. The summed E-state index contributed by atoms with van der Waals surface area (Å²) in [4.78, 5) is 13.6. The number of fused-ring (bicyclic) bond motifs is 1. The molecule has 2 atom stereocenters. The molecule has 2 aliphatic rings. The third-order valence-electron chi connectivity index (χ3n) is 5.41. The fraction of sp³-hybridized carbons (Fsp3) is 0.474. The highest BCUT2D eigenvalue weighted by atomic mass is 32.2. The summed E-state index contributed by atoms with van der Waals surface area (Å²) in [7, 11) is -2.77. The molecule has 1 saturated heterocycles. The van der Waals surface area contributed by atoms with Crippen molar-refractivity contribution in [3.05, 3.63) is 41.7 Å². The lowest BCUT2D eigenvalue weighted by Crippen LogP contribution is -2.47. The average molecular weight is 388 g/mol. The molecule has 27 heavy (non-hydrogen) atoms. The van der Waals surface area contributed by atoms with Crippen LogP contribution in [0.15, 0.2) is 35.5 Å². The van der Waals surface area contributed by atoms with Crippen molar-refractivity contribution in [1.29, 1.82) is 4.78 Å². The lowest BCUT2D eigenvalue weighted by Gasteiger charge is -2.38. The number of nitrogens with zero attached hydrogens (tertiary/aromatic N) is 4. The van der Waals surface area contributed by atoms with E-state index >= 15 is 0 Å². The lowest BCUT2D eigenvalue weighted by molar-refractivity contribution is 0.197. The number of nitrogens with one attached hydrogen (secondary N) is 1. The van der Waals surface area contributed by atoms with Gasteiger partial charge in [-0.05, 0) is 24.1 Å². The second kappa shape index (κ2) is 7.09. The van der Waals surface area contributed by atoms with Crippen LogP contribution in [0.3, 0.4) is 0 Å². The predicted molar refractivity (Wildman–Crippen MR) is 105 cm³/mol. The van der Waals surface area contributed by atoms with Crippen LogP contribution in [-0.2, 0) is 16.1 Å². The molecule has 144 valence electrons. The van der Waals surface area contributed by atoms with Crippen LogP contribution in [0.2, 0.25) is 0 Å². The van der Waals surface area contributed by atoms with Gasteiger partial charge in [-0.25, -0.2) is 19.0 Å². The van der Waals surface area contributed by atoms with Crippen LogP contribution in [-0.4, -0.2) is 58.1 Å². The van der Waals surface area contributed by atoms with Crippen LogP contribution in [0, 0.1) is 4.78 Å². The second-order valence-electron chi connectivity index (χ2n) is 7.23. The minimum atomic E-state index is -2.77. The van der Waals surface area contributed by atoms with Gasteiger partial charge < -0.3 is 9.64 Å². The number of rotatable bonds is 4. The molecule has 7 nitrogen and oxygen atoms in total. The highest BCUT2D eigenvalue weighted by Crippen LogP contribution is 2.31. The van der Waals surface area contributed by atoms with Gasteiger partial charge in [0.25, 0.3) is 0 Å². The van der Waals surface area contributed by atoms with Gasteiger partial charge in [0.05, 0.1) is 21.2 Å². The highest BCUT2D eigenvalue weighted by molar-refractivity contribution is 7.91. The molecule has 1 N–H and O–H groups in total. The molecule has 0 bridgehead atoms. The molecule has 0 unspecified atom stereocenters. The van der Waals surface area contributed by atoms with E-state index in [2.05, 4.69) is 44.9 Å². The zero-order valence-electron chi connectivity index (χ0n) is 15.7. The van der Waals surface area contributed by atoms with Crippen LogP contribution < -0.4 is 9.64 Å². The SMILES string of the molecule is C[C@@H](c1ccc2c(c1)OCC2)N1CCN(c2ncc([S@](C)(=N)=O)cn2)CC1. The quantitative estimate of drug-likeness (QED) is 0.867. The van der Waals surface area contributed by atoms with Crippen LogP contribution in [0.4, 0.5) is 5.95 Å². The summed E-state index contributed by atoms with van der Waals surface area (Å²) in [6.45, 7) is 6.56. The van der Waals surface area contributed by atoms with Gasteiger partial charge in [-0.15, -0.1) is 0 Å². The summed E-state index contributed by atoms with van der Waals surface area (Å²) in [5.41, 5.74) is 2.60. The molecular formula is C19H25N5O2S. The fourth-order valence-corrected chi connectivity index (χ4v) is 4.14. The van der Waals surface area contributed by atoms with E-state index in [1.54, 1.807) is 0 Å². The maximum atomic E-state index is 11.8. The van der Waals surface area contributed by atoms with Crippen molar-refractivity contribution in [2.75, 3.05) is 43.9 Å². The van der Waals surface area contributed by atoms with Gasteiger partial charge in [-0.2, -0.15) is 0 Å². The van der Waals surface area contributed by atoms with Crippen molar-refractivity contribution in [1.82, 2.24) is 14.9 Å². The summed E-state index contributed by atoms with van der Waals surface area (Å²) < 4.78 is 25.1. The first-order valence-corrected chi connectivity index (χ1v) is 11.2. The highest BCUT2D eigenvalue weighted by Gasteiger charge is 2.24. The second-order valence-corrected chi connectivity index (χ2v) is 9.39. The lowest BCUT2D eigenvalue weighted by atomic mass is 10.0. The molecule has 1 fully saturated rings. The Kier molecular flexibility index (Phi) is 4.77. The Balaban J connectivity index is 1.40. The van der Waals surface area contributed by atoms with E-state index < -0.39 is 9.73 Å². The van der Waals surface area contributed by atoms with Crippen LogP contribution in [0.25, 0.3) is 0 Å². The summed E-state index contributed by atoms with van der Waals surface area (Å²) in [6.07, 6.45) is 5.42. The molecule has 0 saturated carbocycles. The number of hydrogen-bond donors (Lipinski definition) is 1. The van der Waals surface area contributed by atoms with Crippen molar-refractivity contribution in [3.63, 3.8) is 0 Å². The third-order valence-corrected chi connectivity index (χ3v) is 6.52. The molecule has 2 aliphatic heterocycles. The number of piperazine rings is 1. The summed E-state index contributed by atoms with van der Waals surface area (Å²) in [6, 6.07) is 6.93. The third kappa shape index (κ3) is 3.77. The number of benzene rings is 1. The molecule has 0 amide bonds. The molecule has 4 rings (SSSR count). The van der Waals surface area contributed by atoms with E-state index in [4.69, 9.17) is 9.52 Å². The van der Waals surface area contributed by atoms with Crippen molar-refractivity contribution < 1.29 is 8.95 Å². The molecule has 3 heterocycles. The van der Waals surface area contributed by atoms with E-state index in [1.165, 1.54) is 29.8 Å². The van der Waals surface area contributed by atoms with Gasteiger partial charge >= 0.3 is 0 Å². The van der Waals surface area contributed by atoms with E-state index in [1.807, 2.05) is 0 Å². The molecule has 1 aromatic carbocycles. The van der Waals surface area contributed by atoms with Gasteiger partial charge in [0, 0.05) is 57.3 Å². The monoisotopic (exact) mass is 387 g/mol. The summed E-state index contributed by atoms with van der Waals surface area (Å²) >= 11 is 0. The number of aromatic nitrogens is 2. The zero-order chi connectivity index (χ0) is 19.0. The Bertz CT molecular complexity index is 922. The Morgan fingerprint density at radius 3 is 2.56 bits per heavy atom. The van der Waals surface area contributed by atoms with E-state index in [0.29, 0.717) is 16.9 Å². The average Bonchev–Trinajstić information content (AvgIpc) is 3.15. The van der Waals surface area contributed by atoms with E-state index in [9.17, 15) is 4.21 Å². The summed E-state index contributed by atoms with van der Waals surface area (Å²) in [5.74, 6) is 1.68. The van der Waals surface area contributed by atoms with Crippen LogP contribution in [0.1, 0.15) is 24.1 Å². The molecule has 8 heteroatoms. The van der Waals surface area contributed by atoms with Crippen molar-refractivity contribution in [2.24, 2.45) is 0 Å². The Hall–Kier alpha value is -2.19. The van der Waals surface area contributed by atoms with Crippen LogP contribution in [0.5, 0.6) is 5.75 Å². The first-order chi connectivity index (χ1) is 12.9. The van der Waals surface area contributed by atoms with Gasteiger partial charge in [-0.1, -0.05) is 12.1 Å². The van der Waals surface area contributed by atoms with Crippen molar-refractivity contribution in [3.8, 4) is 5.75 Å². The number of ether oxygens (including phenoxy) is 1. The van der Waals surface area contributed by atoms with E-state index in [-0.39, 0.29) is 0 Å². The predicted octanol–water partition coefficient (Wildman–Crippen LogP) is 2.33. The van der Waals surface area contributed by atoms with Gasteiger partial charge in [0.2, 0.25) is 5.95 Å². The van der Waals surface area contributed by atoms with Gasteiger partial charge in [0.1, 0.15) is 5.75 Å². The standard InChI is InChI=1S/C19H25N5O2S/c1-14(16-4-3-15-5-10-26-18(15)11-16)23-6-8-24(9-7-23)19-21-12-17(13-22-19)27(2,20)25/h3-4,11-14,20H,5-10H2,1-2H3/t14-,27+/m0/s1. The largest absolute Gasteiger partial charge is 0.493 e. The zero-order valence-corrected chi connectivity index (χ0v) is 16.5. The molecule has 0 aliphatic carbocycles. The molecule has 0 spiro atoms. The minimum Gasteiger partial charge on any atom is -0.493 e. The molecule has 2 aromatic rings. The van der Waals surface area contributed by atoms with Crippen LogP contribution >= 0.6 is 0 Å². The first-order valence-electron chi connectivity index (χ1n) is 9.22. The minimum absolute atomic E-state index is 0.332. The van der Waals surface area contributed by atoms with Gasteiger partial charge in [0.15, 0.2) is 0 Å². The first kappa shape index (κ1) is 18.2. The smallest absolute Gasteiger partial charge is 0.225 e. The molecular weight excluding hydrogens is 362 g/mol. The molecule has 0 radical (unpaired) electrons. The normalized spacial score (nSPS) is 20.6. The Morgan fingerprint density at radius 2 is 1.89 bits per heavy atom. The number of anilines is 1. The molecule has 1 aromatic heterocycles. The van der Waals surface area contributed by atoms with Crippen molar-refractivity contribution >= 4 is 15.7 Å². The maximum Gasteiger partial charge on any atom is 0.225 e. The van der Waals surface area contributed by atoms with Crippen molar-refractivity contribution in [2.45, 2.75) is 24.3 Å². The maximum absolute atomic E-state index is 11.8. The number of hydrogen-bond acceptors (Lipinski definition) is 7. The Labute approximate surface area is 160 Å². The topological polar surface area (TPSA) is 82.4 Å². The fourth-order valence-electron chi connectivity index (χ4n) is 3.64. The summed E-state index contributed by atoms with van der Waals surface area (Å²) in [5, 5.41) is 0.